The highest BCUT2D eigenvalue weighted by atomic mass is 16.7. The molecule has 2 rings (SSSR count). The predicted octanol–water partition coefficient (Wildman–Crippen LogP) is 4.71. The molecule has 2 aromatic rings. The van der Waals surface area contributed by atoms with Gasteiger partial charge in [-0.1, -0.05) is 49.4 Å². The second-order valence-electron chi connectivity index (χ2n) is 6.38. The van der Waals surface area contributed by atoms with Crippen LogP contribution in [-0.2, 0) is 18.9 Å². The summed E-state index contributed by atoms with van der Waals surface area (Å²) < 4.78 is 21.4. The van der Waals surface area contributed by atoms with E-state index < -0.39 is 0 Å². The Morgan fingerprint density at radius 1 is 0.931 bits per heavy atom. The average molecular weight is 398 g/mol. The van der Waals surface area contributed by atoms with Crippen molar-refractivity contribution in [3.8, 4) is 0 Å². The van der Waals surface area contributed by atoms with E-state index in [2.05, 4.69) is 25.1 Å². The molecule has 1 unspecified atom stereocenters. The van der Waals surface area contributed by atoms with Crippen molar-refractivity contribution in [2.45, 2.75) is 26.4 Å². The summed E-state index contributed by atoms with van der Waals surface area (Å²) >= 11 is 0. The van der Waals surface area contributed by atoms with Crippen LogP contribution >= 0.6 is 0 Å². The summed E-state index contributed by atoms with van der Waals surface area (Å²) in [6.45, 7) is 5.48. The molecule has 0 aromatic heterocycles. The van der Waals surface area contributed by atoms with Crippen molar-refractivity contribution in [1.29, 1.82) is 0 Å². The van der Waals surface area contributed by atoms with Crippen LogP contribution in [0.5, 0.6) is 0 Å². The first-order valence-electron chi connectivity index (χ1n) is 9.92. The van der Waals surface area contributed by atoms with Crippen molar-refractivity contribution in [2.24, 2.45) is 0 Å². The molecular weight excluding hydrogens is 368 g/mol. The second-order valence-corrected chi connectivity index (χ2v) is 6.38. The maximum atomic E-state index is 11.9. The minimum atomic E-state index is -0.313. The van der Waals surface area contributed by atoms with E-state index in [9.17, 15) is 4.79 Å². The van der Waals surface area contributed by atoms with Crippen molar-refractivity contribution < 1.29 is 23.7 Å². The summed E-state index contributed by atoms with van der Waals surface area (Å²) in [7, 11) is 1.64. The van der Waals surface area contributed by atoms with Gasteiger partial charge in [0.1, 0.15) is 6.79 Å². The van der Waals surface area contributed by atoms with Gasteiger partial charge in [0.2, 0.25) is 0 Å². The van der Waals surface area contributed by atoms with E-state index in [0.717, 1.165) is 23.1 Å². The standard InChI is InChI=1S/C24H30O5/c1-4-22(29-18-27-16-15-26-3)17-23(19-9-7-6-8-10-19)20-11-13-21(14-12-20)24(25)28-5-2/h6-14,17,22H,4-5,15-16,18H2,1-3H3/b23-17+. The Bertz CT molecular complexity index is 753. The molecule has 156 valence electrons. The van der Waals surface area contributed by atoms with E-state index in [1.165, 1.54) is 0 Å². The number of hydrogen-bond donors (Lipinski definition) is 0. The van der Waals surface area contributed by atoms with Gasteiger partial charge in [0.15, 0.2) is 0 Å². The number of esters is 1. The van der Waals surface area contributed by atoms with Crippen LogP contribution in [0.2, 0.25) is 0 Å². The van der Waals surface area contributed by atoms with Gasteiger partial charge in [-0.2, -0.15) is 0 Å². The summed E-state index contributed by atoms with van der Waals surface area (Å²) in [4.78, 5) is 11.9. The fraction of sp³-hybridized carbons (Fsp3) is 0.375. The van der Waals surface area contributed by atoms with E-state index in [1.807, 2.05) is 30.3 Å². The molecule has 5 nitrogen and oxygen atoms in total. The highest BCUT2D eigenvalue weighted by molar-refractivity contribution is 5.90. The summed E-state index contributed by atoms with van der Waals surface area (Å²) in [6, 6.07) is 17.6. The highest BCUT2D eigenvalue weighted by Crippen LogP contribution is 2.25. The Hall–Kier alpha value is -2.47. The van der Waals surface area contributed by atoms with Gasteiger partial charge in [-0.3, -0.25) is 0 Å². The van der Waals surface area contributed by atoms with E-state index in [0.29, 0.717) is 25.4 Å². The quantitative estimate of drug-likeness (QED) is 0.294. The van der Waals surface area contributed by atoms with E-state index in [4.69, 9.17) is 18.9 Å². The number of ether oxygens (including phenoxy) is 4. The zero-order chi connectivity index (χ0) is 20.9. The lowest BCUT2D eigenvalue weighted by Crippen LogP contribution is -2.14. The fourth-order valence-electron chi connectivity index (χ4n) is 2.78. The van der Waals surface area contributed by atoms with E-state index in [1.54, 1.807) is 26.2 Å². The smallest absolute Gasteiger partial charge is 0.338 e. The molecule has 0 radical (unpaired) electrons. The van der Waals surface area contributed by atoms with Gasteiger partial charge in [-0.05, 0) is 48.3 Å². The van der Waals surface area contributed by atoms with Crippen molar-refractivity contribution in [2.75, 3.05) is 33.7 Å². The molecule has 29 heavy (non-hydrogen) atoms. The molecule has 0 bridgehead atoms. The molecule has 0 saturated heterocycles. The third kappa shape index (κ3) is 7.46. The molecule has 0 heterocycles. The Morgan fingerprint density at radius 2 is 1.59 bits per heavy atom. The molecule has 0 aliphatic carbocycles. The number of carbonyl (C=O) groups is 1. The van der Waals surface area contributed by atoms with Gasteiger partial charge in [0.25, 0.3) is 0 Å². The summed E-state index contributed by atoms with van der Waals surface area (Å²) in [6.07, 6.45) is 2.82. The first-order chi connectivity index (χ1) is 14.2. The van der Waals surface area contributed by atoms with Crippen LogP contribution in [0, 0.1) is 0 Å². The molecule has 0 fully saturated rings. The van der Waals surface area contributed by atoms with Crippen LogP contribution in [0.25, 0.3) is 5.57 Å². The summed E-state index contributed by atoms with van der Waals surface area (Å²) in [5, 5.41) is 0. The Kier molecular flexibility index (Phi) is 10.1. The molecule has 0 aliphatic rings. The SMILES string of the molecule is CCOC(=O)c1ccc(/C(=C/C(CC)OCOCCOC)c2ccccc2)cc1. The first-order valence-corrected chi connectivity index (χ1v) is 9.92. The van der Waals surface area contributed by atoms with Crippen molar-refractivity contribution in [3.05, 3.63) is 77.4 Å². The molecule has 0 N–H and O–H groups in total. The zero-order valence-electron chi connectivity index (χ0n) is 17.4. The molecule has 0 spiro atoms. The third-order valence-electron chi connectivity index (χ3n) is 4.34. The van der Waals surface area contributed by atoms with Crippen molar-refractivity contribution in [1.82, 2.24) is 0 Å². The number of carbonyl (C=O) groups excluding carboxylic acids is 1. The lowest BCUT2D eigenvalue weighted by molar-refractivity contribution is -0.0851. The van der Waals surface area contributed by atoms with E-state index in [-0.39, 0.29) is 18.9 Å². The minimum absolute atomic E-state index is 0.0996. The predicted molar refractivity (Wildman–Crippen MR) is 114 cm³/mol. The van der Waals surface area contributed by atoms with Gasteiger partial charge in [-0.25, -0.2) is 4.79 Å². The molecule has 0 saturated carbocycles. The molecular formula is C24H30O5. The second kappa shape index (κ2) is 12.9. The van der Waals surface area contributed by atoms with Crippen LogP contribution < -0.4 is 0 Å². The number of methoxy groups -OCH3 is 1. The monoisotopic (exact) mass is 398 g/mol. The zero-order valence-corrected chi connectivity index (χ0v) is 17.4. The minimum Gasteiger partial charge on any atom is -0.462 e. The Morgan fingerprint density at radius 3 is 2.21 bits per heavy atom. The van der Waals surface area contributed by atoms with Gasteiger partial charge in [-0.15, -0.1) is 0 Å². The topological polar surface area (TPSA) is 54.0 Å². The number of rotatable bonds is 12. The van der Waals surface area contributed by atoms with Crippen LogP contribution in [0.4, 0.5) is 0 Å². The number of benzene rings is 2. The van der Waals surface area contributed by atoms with Crippen LogP contribution in [0.15, 0.2) is 60.7 Å². The van der Waals surface area contributed by atoms with Gasteiger partial charge in [0, 0.05) is 7.11 Å². The largest absolute Gasteiger partial charge is 0.462 e. The van der Waals surface area contributed by atoms with Gasteiger partial charge in [0.05, 0.1) is 31.5 Å². The van der Waals surface area contributed by atoms with Crippen LogP contribution in [-0.4, -0.2) is 45.8 Å². The Labute approximate surface area is 173 Å². The van der Waals surface area contributed by atoms with Crippen LogP contribution in [0.1, 0.15) is 41.8 Å². The molecule has 5 heteroatoms. The lowest BCUT2D eigenvalue weighted by Gasteiger charge is -2.16. The molecule has 0 aliphatic heterocycles. The summed E-state index contributed by atoms with van der Waals surface area (Å²) in [5.41, 5.74) is 3.67. The maximum absolute atomic E-state index is 11.9. The van der Waals surface area contributed by atoms with E-state index >= 15 is 0 Å². The summed E-state index contributed by atoms with van der Waals surface area (Å²) in [5.74, 6) is -0.313. The fourth-order valence-corrected chi connectivity index (χ4v) is 2.78. The average Bonchev–Trinajstić information content (AvgIpc) is 2.76. The molecule has 0 amide bonds. The molecule has 1 atom stereocenters. The number of hydrogen-bond acceptors (Lipinski definition) is 5. The Balaban J connectivity index is 2.22. The highest BCUT2D eigenvalue weighted by Gasteiger charge is 2.12. The normalized spacial score (nSPS) is 12.6. The molecule has 2 aromatic carbocycles. The van der Waals surface area contributed by atoms with Crippen molar-refractivity contribution >= 4 is 11.5 Å². The van der Waals surface area contributed by atoms with Gasteiger partial charge < -0.3 is 18.9 Å². The van der Waals surface area contributed by atoms with Crippen molar-refractivity contribution in [3.63, 3.8) is 0 Å². The van der Waals surface area contributed by atoms with Crippen LogP contribution in [0.3, 0.4) is 0 Å². The lowest BCUT2D eigenvalue weighted by atomic mass is 9.95. The first kappa shape index (κ1) is 22.8. The maximum Gasteiger partial charge on any atom is 0.338 e. The third-order valence-corrected chi connectivity index (χ3v) is 4.34. The van der Waals surface area contributed by atoms with Gasteiger partial charge >= 0.3 is 5.97 Å².